The van der Waals surface area contributed by atoms with Crippen LogP contribution in [0.2, 0.25) is 0 Å². The zero-order chi connectivity index (χ0) is 15.7. The summed E-state index contributed by atoms with van der Waals surface area (Å²) in [5.41, 5.74) is 1.95. The van der Waals surface area contributed by atoms with Crippen molar-refractivity contribution < 1.29 is 13.5 Å². The van der Waals surface area contributed by atoms with E-state index in [1.54, 1.807) is 6.92 Å². The molecule has 1 aromatic carbocycles. The molecule has 2 saturated heterocycles. The summed E-state index contributed by atoms with van der Waals surface area (Å²) in [6.07, 6.45) is 2.39. The Kier molecular flexibility index (Phi) is 6.28. The van der Waals surface area contributed by atoms with E-state index in [-0.39, 0.29) is 12.4 Å². The number of nitrogens with zero attached hydrogens (tertiary/aromatic N) is 1. The molecule has 2 aliphatic heterocycles. The Morgan fingerprint density at radius 1 is 1.39 bits per heavy atom. The summed E-state index contributed by atoms with van der Waals surface area (Å²) in [6, 6.07) is 3.70. The second kappa shape index (κ2) is 7.64. The number of hydrogen-bond acceptors (Lipinski definition) is 3. The molecule has 2 fully saturated rings. The molecule has 0 amide bonds. The molecular weight excluding hydrogens is 390 g/mol. The quantitative estimate of drug-likeness (QED) is 0.811. The van der Waals surface area contributed by atoms with Gasteiger partial charge in [-0.25, -0.2) is 0 Å². The minimum Gasteiger partial charge on any atom is -0.434 e. The summed E-state index contributed by atoms with van der Waals surface area (Å²) >= 11 is 3.45. The van der Waals surface area contributed by atoms with Crippen molar-refractivity contribution >= 4 is 28.3 Å². The van der Waals surface area contributed by atoms with Gasteiger partial charge in [-0.3, -0.25) is 4.90 Å². The van der Waals surface area contributed by atoms with Crippen LogP contribution in [0.25, 0.3) is 0 Å². The number of likely N-dealkylation sites (tertiary alicyclic amines) is 1. The van der Waals surface area contributed by atoms with Crippen LogP contribution in [-0.4, -0.2) is 37.7 Å². The minimum atomic E-state index is -2.79. The highest BCUT2D eigenvalue weighted by Gasteiger charge is 2.40. The first-order valence-corrected chi connectivity index (χ1v) is 8.44. The third-order valence-corrected chi connectivity index (χ3v) is 5.22. The molecule has 0 aromatic heterocycles. The van der Waals surface area contributed by atoms with Crippen molar-refractivity contribution in [2.75, 3.05) is 26.2 Å². The molecule has 2 aliphatic rings. The summed E-state index contributed by atoms with van der Waals surface area (Å²) in [5, 5.41) is 3.44. The van der Waals surface area contributed by atoms with E-state index in [4.69, 9.17) is 4.74 Å². The SMILES string of the molecule is Cc1cc(Br)cc(CN2CCC3(CCNC3)C2)c1OC(F)F.Cl. The van der Waals surface area contributed by atoms with Crippen molar-refractivity contribution in [3.8, 4) is 5.75 Å². The second-order valence-electron chi connectivity index (χ2n) is 6.48. The third kappa shape index (κ3) is 4.35. The van der Waals surface area contributed by atoms with E-state index >= 15 is 0 Å². The molecular formula is C16H22BrClF2N2O. The van der Waals surface area contributed by atoms with E-state index in [2.05, 4.69) is 26.1 Å². The second-order valence-corrected chi connectivity index (χ2v) is 7.39. The molecule has 3 rings (SSSR count). The van der Waals surface area contributed by atoms with Crippen molar-refractivity contribution in [2.24, 2.45) is 5.41 Å². The highest BCUT2D eigenvalue weighted by molar-refractivity contribution is 9.10. The monoisotopic (exact) mass is 410 g/mol. The zero-order valence-electron chi connectivity index (χ0n) is 13.1. The standard InChI is InChI=1S/C16H21BrF2N2O.ClH/c1-11-6-13(17)7-12(14(11)22-15(18)19)8-21-5-3-16(10-21)2-4-20-9-16;/h6-7,15,20H,2-5,8-10H2,1H3;1H. The summed E-state index contributed by atoms with van der Waals surface area (Å²) in [4.78, 5) is 2.35. The Labute approximate surface area is 150 Å². The number of aryl methyl sites for hydroxylation is 1. The fraction of sp³-hybridized carbons (Fsp3) is 0.625. The van der Waals surface area contributed by atoms with Gasteiger partial charge in [-0.15, -0.1) is 12.4 Å². The molecule has 0 aliphatic carbocycles. The largest absolute Gasteiger partial charge is 0.434 e. The van der Waals surface area contributed by atoms with Gasteiger partial charge in [-0.05, 0) is 56.0 Å². The molecule has 1 N–H and O–H groups in total. The van der Waals surface area contributed by atoms with Crippen LogP contribution in [0.5, 0.6) is 5.75 Å². The van der Waals surface area contributed by atoms with Crippen LogP contribution in [0.3, 0.4) is 0 Å². The van der Waals surface area contributed by atoms with Gasteiger partial charge in [0.15, 0.2) is 0 Å². The Hall–Kier alpha value is -0.430. The fourth-order valence-electron chi connectivity index (χ4n) is 3.72. The zero-order valence-corrected chi connectivity index (χ0v) is 15.5. The van der Waals surface area contributed by atoms with Gasteiger partial charge in [-0.1, -0.05) is 15.9 Å². The molecule has 2 heterocycles. The van der Waals surface area contributed by atoms with Crippen LogP contribution in [0.4, 0.5) is 8.78 Å². The molecule has 7 heteroatoms. The van der Waals surface area contributed by atoms with Crippen LogP contribution in [0, 0.1) is 12.3 Å². The van der Waals surface area contributed by atoms with E-state index in [9.17, 15) is 8.78 Å². The van der Waals surface area contributed by atoms with Crippen molar-refractivity contribution in [3.05, 3.63) is 27.7 Å². The van der Waals surface area contributed by atoms with Gasteiger partial charge >= 0.3 is 6.61 Å². The summed E-state index contributed by atoms with van der Waals surface area (Å²) < 4.78 is 31.0. The highest BCUT2D eigenvalue weighted by atomic mass is 79.9. The molecule has 0 radical (unpaired) electrons. The number of halogens is 4. The van der Waals surface area contributed by atoms with Crippen LogP contribution in [0.1, 0.15) is 24.0 Å². The van der Waals surface area contributed by atoms with E-state index in [1.165, 1.54) is 12.8 Å². The van der Waals surface area contributed by atoms with Crippen molar-refractivity contribution in [2.45, 2.75) is 32.9 Å². The van der Waals surface area contributed by atoms with Crippen LogP contribution >= 0.6 is 28.3 Å². The van der Waals surface area contributed by atoms with Gasteiger partial charge in [0.1, 0.15) is 5.75 Å². The van der Waals surface area contributed by atoms with Gasteiger partial charge in [0.2, 0.25) is 0 Å². The number of nitrogens with one attached hydrogen (secondary N) is 1. The van der Waals surface area contributed by atoms with Gasteiger partial charge in [0, 0.05) is 29.7 Å². The average molecular weight is 412 g/mol. The predicted octanol–water partition coefficient (Wildman–Crippen LogP) is 3.97. The first-order valence-electron chi connectivity index (χ1n) is 7.64. The number of alkyl halides is 2. The van der Waals surface area contributed by atoms with Gasteiger partial charge in [0.05, 0.1) is 0 Å². The average Bonchev–Trinajstić information content (AvgIpc) is 3.04. The lowest BCUT2D eigenvalue weighted by Crippen LogP contribution is -2.29. The maximum Gasteiger partial charge on any atom is 0.387 e. The first kappa shape index (κ1) is 18.9. The Bertz CT molecular complexity index is 553. The maximum absolute atomic E-state index is 12.7. The number of benzene rings is 1. The van der Waals surface area contributed by atoms with Crippen LogP contribution < -0.4 is 10.1 Å². The third-order valence-electron chi connectivity index (χ3n) is 4.77. The Morgan fingerprint density at radius 3 is 2.83 bits per heavy atom. The summed E-state index contributed by atoms with van der Waals surface area (Å²) in [7, 11) is 0. The smallest absolute Gasteiger partial charge is 0.387 e. The Morgan fingerprint density at radius 2 is 2.17 bits per heavy atom. The molecule has 1 atom stereocenters. The predicted molar refractivity (Wildman–Crippen MR) is 92.6 cm³/mol. The lowest BCUT2D eigenvalue weighted by molar-refractivity contribution is -0.0512. The number of rotatable bonds is 4. The summed E-state index contributed by atoms with van der Waals surface area (Å²) in [6.45, 7) is 3.87. The highest BCUT2D eigenvalue weighted by Crippen LogP contribution is 2.38. The number of ether oxygens (including phenoxy) is 1. The summed E-state index contributed by atoms with van der Waals surface area (Å²) in [5.74, 6) is 0.323. The minimum absolute atomic E-state index is 0. The molecule has 1 aromatic rings. The normalized spacial score (nSPS) is 24.4. The van der Waals surface area contributed by atoms with Gasteiger partial charge < -0.3 is 10.1 Å². The molecule has 1 spiro atoms. The van der Waals surface area contributed by atoms with Gasteiger partial charge in [0.25, 0.3) is 0 Å². The van der Waals surface area contributed by atoms with E-state index < -0.39 is 6.61 Å². The maximum atomic E-state index is 12.7. The van der Waals surface area contributed by atoms with Crippen LogP contribution in [-0.2, 0) is 6.54 Å². The molecule has 23 heavy (non-hydrogen) atoms. The number of hydrogen-bond donors (Lipinski definition) is 1. The van der Waals surface area contributed by atoms with Crippen molar-refractivity contribution in [3.63, 3.8) is 0 Å². The fourth-order valence-corrected chi connectivity index (χ4v) is 4.34. The van der Waals surface area contributed by atoms with Crippen LogP contribution in [0.15, 0.2) is 16.6 Å². The van der Waals surface area contributed by atoms with E-state index in [1.807, 2.05) is 12.1 Å². The lowest BCUT2D eigenvalue weighted by atomic mass is 9.86. The molecule has 0 bridgehead atoms. The molecule has 1 unspecified atom stereocenters. The first-order chi connectivity index (χ1) is 10.5. The Balaban J connectivity index is 0.00000192. The lowest BCUT2D eigenvalue weighted by Gasteiger charge is -2.24. The van der Waals surface area contributed by atoms with E-state index in [0.29, 0.717) is 17.7 Å². The topological polar surface area (TPSA) is 24.5 Å². The molecule has 130 valence electrons. The van der Waals surface area contributed by atoms with E-state index in [0.717, 1.165) is 41.8 Å². The van der Waals surface area contributed by atoms with Gasteiger partial charge in [-0.2, -0.15) is 8.78 Å². The van der Waals surface area contributed by atoms with Crippen molar-refractivity contribution in [1.82, 2.24) is 10.2 Å². The molecule has 0 saturated carbocycles. The van der Waals surface area contributed by atoms with Crippen molar-refractivity contribution in [1.29, 1.82) is 0 Å². The molecule has 3 nitrogen and oxygen atoms in total.